The van der Waals surface area contributed by atoms with Gasteiger partial charge in [0.15, 0.2) is 0 Å². The number of hydrogen-bond acceptors (Lipinski definition) is 8. The Morgan fingerprint density at radius 1 is 1.29 bits per heavy atom. The molecule has 3 aliphatic heterocycles. The third-order valence-electron chi connectivity index (χ3n) is 6.39. The minimum absolute atomic E-state index is 0.0214. The minimum atomic E-state index is -0.828. The molecule has 2 amide bonds. The van der Waals surface area contributed by atoms with Gasteiger partial charge in [-0.25, -0.2) is 9.59 Å². The van der Waals surface area contributed by atoms with Gasteiger partial charge in [-0.3, -0.25) is 4.79 Å². The number of alkyl halides is 1. The average molecular weight is 529 g/mol. The fraction of sp³-hybridized carbons (Fsp3) is 0.625. The van der Waals surface area contributed by atoms with E-state index < -0.39 is 24.1 Å². The van der Waals surface area contributed by atoms with Crippen molar-refractivity contribution in [2.45, 2.75) is 43.7 Å². The highest BCUT2D eigenvalue weighted by atomic mass is 35.5. The van der Waals surface area contributed by atoms with Crippen molar-refractivity contribution in [2.24, 2.45) is 11.8 Å². The number of ether oxygens (including phenoxy) is 3. The maximum absolute atomic E-state index is 13.0. The van der Waals surface area contributed by atoms with Gasteiger partial charge in [-0.1, -0.05) is 32.2 Å². The number of halogens is 1. The molecule has 11 heteroatoms. The van der Waals surface area contributed by atoms with Crippen LogP contribution in [0.2, 0.25) is 0 Å². The molecule has 0 aromatic heterocycles. The zero-order valence-electron chi connectivity index (χ0n) is 20.1. The van der Waals surface area contributed by atoms with Gasteiger partial charge in [0.1, 0.15) is 18.9 Å². The van der Waals surface area contributed by atoms with Crippen LogP contribution in [-0.2, 0) is 23.8 Å². The highest BCUT2D eigenvalue weighted by molar-refractivity contribution is 8.03. The second kappa shape index (κ2) is 12.3. The molecule has 2 saturated heterocycles. The number of fused-ring (bicyclic) bond motifs is 1. The highest BCUT2D eigenvalue weighted by Crippen LogP contribution is 2.52. The third kappa shape index (κ3) is 5.71. The lowest BCUT2D eigenvalue weighted by atomic mass is 9.79. The van der Waals surface area contributed by atoms with Gasteiger partial charge in [-0.05, 0) is 13.3 Å². The van der Waals surface area contributed by atoms with Gasteiger partial charge in [0.05, 0.1) is 37.3 Å². The maximum Gasteiger partial charge on any atom is 0.410 e. The topological polar surface area (TPSA) is 106 Å². The second-order valence-electron chi connectivity index (χ2n) is 8.77. The molecular formula is C24H33ClN2O7S. The number of hydrogen-bond donors (Lipinski definition) is 1. The predicted octanol–water partition coefficient (Wildman–Crippen LogP) is 2.54. The molecule has 0 saturated carbocycles. The van der Waals surface area contributed by atoms with Gasteiger partial charge in [-0.2, -0.15) is 0 Å². The van der Waals surface area contributed by atoms with Crippen molar-refractivity contribution < 1.29 is 33.7 Å². The number of rotatable bonds is 12. The van der Waals surface area contributed by atoms with E-state index >= 15 is 0 Å². The number of esters is 1. The Hall–Kier alpha value is -2.01. The van der Waals surface area contributed by atoms with E-state index in [1.807, 2.05) is 6.92 Å². The molecule has 0 aliphatic carbocycles. The van der Waals surface area contributed by atoms with Gasteiger partial charge in [0.2, 0.25) is 5.91 Å². The summed E-state index contributed by atoms with van der Waals surface area (Å²) in [4.78, 5) is 42.3. The van der Waals surface area contributed by atoms with E-state index in [0.717, 1.165) is 4.91 Å². The van der Waals surface area contributed by atoms with E-state index in [9.17, 15) is 19.5 Å². The number of likely N-dealkylation sites (tertiary alicyclic amines) is 1. The van der Waals surface area contributed by atoms with Gasteiger partial charge in [0.25, 0.3) is 0 Å². The zero-order valence-corrected chi connectivity index (χ0v) is 21.6. The summed E-state index contributed by atoms with van der Waals surface area (Å²) < 4.78 is 16.2. The van der Waals surface area contributed by atoms with Crippen molar-refractivity contribution in [3.63, 3.8) is 0 Å². The van der Waals surface area contributed by atoms with Crippen LogP contribution in [0.5, 0.6) is 0 Å². The molecule has 6 atom stereocenters. The standard InChI is InChI=1S/C24H33ClN2O7S/c1-5-8-33-23(30)20-21(14(3)19-18(15(4)28)22(29)27(19)20)35-17-11-16(13-32-10-7-25)26(12-17)24(31)34-9-6-2/h5-6,14-19,28H,1-2,7-13H2,3-4H3/t14-,15-,16+,17+,18-,19-/m1/s1. The SMILES string of the molecule is C=CCOC(=O)C1=C(S[C@H]2C[C@@H](COCCCl)N(C(=O)OCC=C)C2)[C@H](C)[C@@H]2[C@@H]([C@@H](C)O)C(=O)N12. The molecule has 0 aromatic carbocycles. The van der Waals surface area contributed by atoms with Crippen LogP contribution in [0.3, 0.4) is 0 Å². The summed E-state index contributed by atoms with van der Waals surface area (Å²) in [5, 5.41) is 10.1. The van der Waals surface area contributed by atoms with Crippen molar-refractivity contribution in [3.8, 4) is 0 Å². The fourth-order valence-electron chi connectivity index (χ4n) is 4.88. The second-order valence-corrected chi connectivity index (χ2v) is 10.5. The Labute approximate surface area is 215 Å². The molecule has 0 aromatic rings. The highest BCUT2D eigenvalue weighted by Gasteiger charge is 2.60. The third-order valence-corrected chi connectivity index (χ3v) is 8.04. The number of carbonyl (C=O) groups excluding carboxylic acids is 3. The molecule has 0 unspecified atom stereocenters. The van der Waals surface area contributed by atoms with E-state index in [0.29, 0.717) is 32.1 Å². The molecule has 0 bridgehead atoms. The molecule has 3 rings (SSSR count). The lowest BCUT2D eigenvalue weighted by molar-refractivity contribution is -0.164. The van der Waals surface area contributed by atoms with E-state index in [2.05, 4.69) is 13.2 Å². The van der Waals surface area contributed by atoms with Crippen molar-refractivity contribution in [3.05, 3.63) is 35.9 Å². The largest absolute Gasteiger partial charge is 0.457 e. The summed E-state index contributed by atoms with van der Waals surface area (Å²) in [6.07, 6.45) is 2.29. The predicted molar refractivity (Wildman–Crippen MR) is 133 cm³/mol. The molecule has 9 nitrogen and oxygen atoms in total. The first-order chi connectivity index (χ1) is 16.8. The number of β-lactam (4-membered cyclic amide) rings is 1. The quantitative estimate of drug-likeness (QED) is 0.135. The molecule has 1 N–H and O–H groups in total. The molecule has 3 heterocycles. The van der Waals surface area contributed by atoms with Crippen LogP contribution < -0.4 is 0 Å². The van der Waals surface area contributed by atoms with E-state index in [1.165, 1.54) is 28.8 Å². The summed E-state index contributed by atoms with van der Waals surface area (Å²) >= 11 is 7.19. The lowest BCUT2D eigenvalue weighted by Gasteiger charge is -2.46. The molecule has 0 spiro atoms. The number of aliphatic hydroxyl groups excluding tert-OH is 1. The number of aliphatic hydroxyl groups is 1. The van der Waals surface area contributed by atoms with Gasteiger partial charge in [0, 0.05) is 28.5 Å². The Balaban J connectivity index is 1.83. The van der Waals surface area contributed by atoms with Gasteiger partial charge < -0.3 is 29.1 Å². The summed E-state index contributed by atoms with van der Waals surface area (Å²) in [7, 11) is 0. The summed E-state index contributed by atoms with van der Waals surface area (Å²) in [6, 6.07) is -0.528. The van der Waals surface area contributed by atoms with Gasteiger partial charge in [-0.15, -0.1) is 23.4 Å². The summed E-state index contributed by atoms with van der Waals surface area (Å²) in [5.74, 6) is -1.28. The smallest absolute Gasteiger partial charge is 0.410 e. The molecular weight excluding hydrogens is 496 g/mol. The Bertz CT molecular complexity index is 880. The van der Waals surface area contributed by atoms with Crippen molar-refractivity contribution in [1.82, 2.24) is 9.80 Å². The molecule has 194 valence electrons. The first kappa shape index (κ1) is 27.6. The molecule has 2 fully saturated rings. The minimum Gasteiger partial charge on any atom is -0.457 e. The zero-order chi connectivity index (χ0) is 25.7. The number of amides is 2. The lowest BCUT2D eigenvalue weighted by Crippen LogP contribution is -2.63. The van der Waals surface area contributed by atoms with Crippen LogP contribution in [-0.4, -0.2) is 95.2 Å². The molecule has 35 heavy (non-hydrogen) atoms. The van der Waals surface area contributed by atoms with Crippen LogP contribution in [0.15, 0.2) is 35.9 Å². The van der Waals surface area contributed by atoms with Crippen LogP contribution in [0.4, 0.5) is 4.79 Å². The number of nitrogens with zero attached hydrogens (tertiary/aromatic N) is 2. The fourth-order valence-corrected chi connectivity index (χ4v) is 6.55. The Kier molecular flexibility index (Phi) is 9.69. The summed E-state index contributed by atoms with van der Waals surface area (Å²) in [6.45, 7) is 11.9. The average Bonchev–Trinajstić information content (AvgIpc) is 3.33. The van der Waals surface area contributed by atoms with E-state index in [1.54, 1.807) is 11.8 Å². The van der Waals surface area contributed by atoms with Crippen LogP contribution in [0.1, 0.15) is 20.3 Å². The van der Waals surface area contributed by atoms with E-state index in [-0.39, 0.29) is 48.1 Å². The van der Waals surface area contributed by atoms with Crippen LogP contribution in [0, 0.1) is 11.8 Å². The Morgan fingerprint density at radius 3 is 2.60 bits per heavy atom. The number of thioether (sulfide) groups is 1. The number of carbonyl (C=O) groups is 3. The molecule has 3 aliphatic rings. The van der Waals surface area contributed by atoms with Crippen molar-refractivity contribution in [2.75, 3.05) is 38.9 Å². The maximum atomic E-state index is 13.0. The van der Waals surface area contributed by atoms with Gasteiger partial charge >= 0.3 is 12.1 Å². The van der Waals surface area contributed by atoms with Crippen LogP contribution >= 0.6 is 23.4 Å². The monoisotopic (exact) mass is 528 g/mol. The normalized spacial score (nSPS) is 28.5. The Morgan fingerprint density at radius 2 is 1.97 bits per heavy atom. The van der Waals surface area contributed by atoms with Crippen LogP contribution in [0.25, 0.3) is 0 Å². The summed E-state index contributed by atoms with van der Waals surface area (Å²) in [5.41, 5.74) is 0.221. The molecule has 0 radical (unpaired) electrons. The van der Waals surface area contributed by atoms with Crippen molar-refractivity contribution >= 4 is 41.3 Å². The first-order valence-electron chi connectivity index (χ1n) is 11.6. The van der Waals surface area contributed by atoms with Crippen molar-refractivity contribution in [1.29, 1.82) is 0 Å². The first-order valence-corrected chi connectivity index (χ1v) is 13.1. The van der Waals surface area contributed by atoms with E-state index in [4.69, 9.17) is 25.8 Å².